The number of rotatable bonds is 5. The van der Waals surface area contributed by atoms with Gasteiger partial charge in [-0.05, 0) is 35.9 Å². The van der Waals surface area contributed by atoms with E-state index in [0.717, 1.165) is 0 Å². The fraction of sp³-hybridized carbons (Fsp3) is 0.133. The summed E-state index contributed by atoms with van der Waals surface area (Å²) < 4.78 is 5.47. The van der Waals surface area contributed by atoms with Crippen LogP contribution < -0.4 is 4.74 Å². The zero-order valence-electron chi connectivity index (χ0n) is 10.7. The number of benzene rings is 2. The summed E-state index contributed by atoms with van der Waals surface area (Å²) in [6.45, 7) is 0. The van der Waals surface area contributed by atoms with Crippen molar-refractivity contribution in [3.63, 3.8) is 0 Å². The summed E-state index contributed by atoms with van der Waals surface area (Å²) in [6, 6.07) is 11.6. The number of hydrogen-bond acceptors (Lipinski definition) is 2. The van der Waals surface area contributed by atoms with Crippen molar-refractivity contribution in [2.45, 2.75) is 12.5 Å². The highest BCUT2D eigenvalue weighted by atomic mass is 35.5. The van der Waals surface area contributed by atoms with Gasteiger partial charge in [-0.15, -0.1) is 0 Å². The molecule has 1 atom stereocenters. The quantitative estimate of drug-likeness (QED) is 0.852. The van der Waals surface area contributed by atoms with Crippen LogP contribution in [0.1, 0.15) is 5.56 Å². The highest BCUT2D eigenvalue weighted by Gasteiger charge is 2.21. The molecule has 0 amide bonds. The van der Waals surface area contributed by atoms with Gasteiger partial charge < -0.3 is 9.84 Å². The van der Waals surface area contributed by atoms with Crippen molar-refractivity contribution in [1.82, 2.24) is 0 Å². The van der Waals surface area contributed by atoms with E-state index in [2.05, 4.69) is 0 Å². The van der Waals surface area contributed by atoms with Crippen molar-refractivity contribution in [3.8, 4) is 5.75 Å². The monoisotopic (exact) mass is 344 g/mol. The summed E-state index contributed by atoms with van der Waals surface area (Å²) >= 11 is 17.8. The zero-order valence-corrected chi connectivity index (χ0v) is 13.0. The van der Waals surface area contributed by atoms with Gasteiger partial charge in [0, 0.05) is 16.5 Å². The molecule has 0 aliphatic carbocycles. The Labute approximate surface area is 137 Å². The largest absolute Gasteiger partial charge is 0.478 e. The van der Waals surface area contributed by atoms with Crippen LogP contribution in [0.4, 0.5) is 0 Å². The molecule has 0 aliphatic rings. The maximum Gasteiger partial charge on any atom is 0.345 e. The van der Waals surface area contributed by atoms with Gasteiger partial charge in [-0.1, -0.05) is 46.9 Å². The van der Waals surface area contributed by atoms with E-state index < -0.39 is 12.1 Å². The van der Waals surface area contributed by atoms with E-state index in [-0.39, 0.29) is 6.42 Å². The number of aliphatic carboxylic acids is 1. The summed E-state index contributed by atoms with van der Waals surface area (Å²) in [6.07, 6.45) is -0.958. The first-order chi connectivity index (χ1) is 9.95. The second kappa shape index (κ2) is 7.03. The van der Waals surface area contributed by atoms with Crippen molar-refractivity contribution < 1.29 is 14.6 Å². The van der Waals surface area contributed by atoms with E-state index in [1.807, 2.05) is 0 Å². The number of para-hydroxylation sites is 1. The number of halogens is 3. The van der Waals surface area contributed by atoms with Crippen molar-refractivity contribution in [2.75, 3.05) is 0 Å². The average molecular weight is 346 g/mol. The van der Waals surface area contributed by atoms with E-state index in [4.69, 9.17) is 39.5 Å². The molecule has 3 nitrogen and oxygen atoms in total. The Balaban J connectivity index is 2.20. The predicted molar refractivity (Wildman–Crippen MR) is 83.7 cm³/mol. The van der Waals surface area contributed by atoms with Crippen LogP contribution in [0.25, 0.3) is 0 Å². The van der Waals surface area contributed by atoms with Crippen LogP contribution in [0.3, 0.4) is 0 Å². The molecule has 0 aliphatic heterocycles. The minimum Gasteiger partial charge on any atom is -0.478 e. The van der Waals surface area contributed by atoms with Gasteiger partial charge >= 0.3 is 5.97 Å². The Morgan fingerprint density at radius 2 is 1.71 bits per heavy atom. The number of ether oxygens (including phenoxy) is 1. The van der Waals surface area contributed by atoms with Crippen molar-refractivity contribution in [2.24, 2.45) is 0 Å². The van der Waals surface area contributed by atoms with Gasteiger partial charge in [0.05, 0.1) is 5.02 Å². The van der Waals surface area contributed by atoms with Crippen LogP contribution in [0.15, 0.2) is 42.5 Å². The van der Waals surface area contributed by atoms with Gasteiger partial charge in [0.25, 0.3) is 0 Å². The summed E-state index contributed by atoms with van der Waals surface area (Å²) in [7, 11) is 0. The van der Waals surface area contributed by atoms with E-state index in [1.165, 1.54) is 0 Å². The molecule has 0 fully saturated rings. The van der Waals surface area contributed by atoms with Gasteiger partial charge in [0.15, 0.2) is 6.10 Å². The van der Waals surface area contributed by atoms with Crippen molar-refractivity contribution in [1.29, 1.82) is 0 Å². The molecule has 0 radical (unpaired) electrons. The second-order valence-corrected chi connectivity index (χ2v) is 5.64. The van der Waals surface area contributed by atoms with Crippen molar-refractivity contribution >= 4 is 40.8 Å². The topological polar surface area (TPSA) is 46.5 Å². The summed E-state index contributed by atoms with van der Waals surface area (Å²) in [5, 5.41) is 10.5. The molecule has 0 heterocycles. The molecule has 0 aromatic heterocycles. The molecular weight excluding hydrogens is 335 g/mol. The molecule has 0 bridgehead atoms. The third kappa shape index (κ3) is 4.53. The molecule has 110 valence electrons. The molecule has 0 spiro atoms. The lowest BCUT2D eigenvalue weighted by Gasteiger charge is -2.16. The highest BCUT2D eigenvalue weighted by Crippen LogP contribution is 2.26. The number of hydrogen-bond donors (Lipinski definition) is 1. The molecule has 21 heavy (non-hydrogen) atoms. The Kier molecular flexibility index (Phi) is 5.34. The number of carboxylic acid groups (broad SMARTS) is 1. The summed E-state index contributed by atoms with van der Waals surface area (Å²) in [4.78, 5) is 11.4. The van der Waals surface area contributed by atoms with Gasteiger partial charge in [0.2, 0.25) is 0 Å². The fourth-order valence-corrected chi connectivity index (χ4v) is 2.57. The minimum absolute atomic E-state index is 0.126. The van der Waals surface area contributed by atoms with Gasteiger partial charge in [0.1, 0.15) is 5.75 Å². The molecule has 0 saturated carbocycles. The molecular formula is C15H11Cl3O3. The first-order valence-corrected chi connectivity index (χ1v) is 7.18. The highest BCUT2D eigenvalue weighted by molar-refractivity contribution is 6.34. The lowest BCUT2D eigenvalue weighted by atomic mass is 10.1. The molecule has 2 aromatic rings. The van der Waals surface area contributed by atoms with Gasteiger partial charge in [-0.2, -0.15) is 0 Å². The molecule has 0 saturated heterocycles. The SMILES string of the molecule is O=C(O)C(Cc1cc(Cl)cc(Cl)c1)Oc1ccccc1Cl. The predicted octanol–water partition coefficient (Wildman–Crippen LogP) is 4.72. The van der Waals surface area contributed by atoms with Crippen molar-refractivity contribution in [3.05, 3.63) is 63.1 Å². The van der Waals surface area contributed by atoms with E-state index >= 15 is 0 Å². The Hall–Kier alpha value is -1.42. The van der Waals surface area contributed by atoms with Crippen LogP contribution >= 0.6 is 34.8 Å². The summed E-state index contributed by atoms with van der Waals surface area (Å²) in [5.41, 5.74) is 0.673. The first-order valence-electron chi connectivity index (χ1n) is 6.04. The van der Waals surface area contributed by atoms with Crippen LogP contribution in [-0.2, 0) is 11.2 Å². The third-order valence-corrected chi connectivity index (χ3v) is 3.47. The smallest absolute Gasteiger partial charge is 0.345 e. The van der Waals surface area contributed by atoms with E-state index in [0.29, 0.717) is 26.4 Å². The van der Waals surface area contributed by atoms with E-state index in [9.17, 15) is 9.90 Å². The fourth-order valence-electron chi connectivity index (χ4n) is 1.82. The summed E-state index contributed by atoms with van der Waals surface area (Å²) in [5.74, 6) is -0.772. The minimum atomic E-state index is -1.09. The average Bonchev–Trinajstić information content (AvgIpc) is 2.39. The Bertz CT molecular complexity index is 638. The number of carboxylic acids is 1. The lowest BCUT2D eigenvalue weighted by Crippen LogP contribution is -2.29. The van der Waals surface area contributed by atoms with Gasteiger partial charge in [-0.25, -0.2) is 4.79 Å². The van der Waals surface area contributed by atoms with Gasteiger partial charge in [-0.3, -0.25) is 0 Å². The molecule has 1 unspecified atom stereocenters. The molecule has 2 rings (SSSR count). The van der Waals surface area contributed by atoms with Crippen LogP contribution in [0, 0.1) is 0 Å². The molecule has 1 N–H and O–H groups in total. The van der Waals surface area contributed by atoms with Crippen LogP contribution in [0.5, 0.6) is 5.75 Å². The third-order valence-electron chi connectivity index (χ3n) is 2.72. The first kappa shape index (κ1) is 16.0. The van der Waals surface area contributed by atoms with Crippen LogP contribution in [-0.4, -0.2) is 17.2 Å². The number of carbonyl (C=O) groups is 1. The molecule has 2 aromatic carbocycles. The standard InChI is InChI=1S/C15H11Cl3O3/c16-10-5-9(6-11(17)8-10)7-14(15(19)20)21-13-4-2-1-3-12(13)18/h1-6,8,14H,7H2,(H,19,20). The van der Waals surface area contributed by atoms with E-state index in [1.54, 1.807) is 42.5 Å². The Morgan fingerprint density at radius 3 is 2.29 bits per heavy atom. The maximum atomic E-state index is 11.4. The zero-order chi connectivity index (χ0) is 15.4. The Morgan fingerprint density at radius 1 is 1.10 bits per heavy atom. The normalized spacial score (nSPS) is 12.0. The molecule has 6 heteroatoms. The lowest BCUT2D eigenvalue weighted by molar-refractivity contribution is -0.145. The maximum absolute atomic E-state index is 11.4. The van der Waals surface area contributed by atoms with Crippen LogP contribution in [0.2, 0.25) is 15.1 Å². The second-order valence-electron chi connectivity index (χ2n) is 4.36.